The number of carbonyl (C=O) groups is 2. The largest absolute Gasteiger partial charge is 0.494 e. The summed E-state index contributed by atoms with van der Waals surface area (Å²) in [5.74, 6) is -0.0942. The Hall–Kier alpha value is -4.13. The van der Waals surface area contributed by atoms with Gasteiger partial charge < -0.3 is 14.0 Å². The molecule has 0 unspecified atom stereocenters. The zero-order valence-electron chi connectivity index (χ0n) is 22.0. The summed E-state index contributed by atoms with van der Waals surface area (Å²) in [6.07, 6.45) is 0.964. The molecule has 1 aliphatic rings. The number of hydrogen-bond donors (Lipinski definition) is 0. The Bertz CT molecular complexity index is 1410. The molecule has 1 amide bonds. The molecule has 0 radical (unpaired) electrons. The predicted octanol–water partition coefficient (Wildman–Crippen LogP) is 5.78. The Kier molecular flexibility index (Phi) is 7.45. The van der Waals surface area contributed by atoms with E-state index < -0.39 is 17.9 Å². The van der Waals surface area contributed by atoms with Gasteiger partial charge in [-0.1, -0.05) is 68.4 Å². The molecule has 2 atom stereocenters. The minimum Gasteiger partial charge on any atom is -0.494 e. The zero-order valence-corrected chi connectivity index (χ0v) is 22.0. The highest BCUT2D eigenvalue weighted by molar-refractivity contribution is 6.08. The molecule has 5 rings (SSSR count). The van der Waals surface area contributed by atoms with Crippen molar-refractivity contribution in [2.24, 2.45) is 11.8 Å². The molecule has 3 aromatic carbocycles. The van der Waals surface area contributed by atoms with Crippen LogP contribution in [0.5, 0.6) is 5.75 Å². The Balaban J connectivity index is 1.61. The summed E-state index contributed by atoms with van der Waals surface area (Å²) in [6, 6.07) is 24.5. The van der Waals surface area contributed by atoms with Crippen LogP contribution in [0.1, 0.15) is 44.4 Å². The van der Waals surface area contributed by atoms with Crippen LogP contribution in [0.4, 0.5) is 5.95 Å². The molecular formula is C31H33N3O4. The number of fused-ring (bicyclic) bond motifs is 3. The Morgan fingerprint density at radius 1 is 0.974 bits per heavy atom. The van der Waals surface area contributed by atoms with Crippen LogP contribution in [0.15, 0.2) is 78.9 Å². The van der Waals surface area contributed by atoms with Crippen LogP contribution in [-0.2, 0) is 20.9 Å². The number of aromatic nitrogens is 2. The predicted molar refractivity (Wildman–Crippen MR) is 147 cm³/mol. The van der Waals surface area contributed by atoms with Gasteiger partial charge in [-0.3, -0.25) is 14.5 Å². The first-order chi connectivity index (χ1) is 18.5. The van der Waals surface area contributed by atoms with Gasteiger partial charge in [0.2, 0.25) is 11.9 Å². The van der Waals surface area contributed by atoms with E-state index in [0.29, 0.717) is 25.0 Å². The number of imidazole rings is 1. The van der Waals surface area contributed by atoms with Crippen LogP contribution in [0.2, 0.25) is 0 Å². The Morgan fingerprint density at radius 2 is 1.68 bits per heavy atom. The first kappa shape index (κ1) is 25.5. The summed E-state index contributed by atoms with van der Waals surface area (Å²) in [4.78, 5) is 34.0. The van der Waals surface area contributed by atoms with Gasteiger partial charge in [-0.2, -0.15) is 0 Å². The van der Waals surface area contributed by atoms with Gasteiger partial charge in [0.1, 0.15) is 5.75 Å². The first-order valence-electron chi connectivity index (χ1n) is 13.2. The third kappa shape index (κ3) is 5.01. The van der Waals surface area contributed by atoms with Crippen LogP contribution in [0, 0.1) is 11.8 Å². The quantitative estimate of drug-likeness (QED) is 0.210. The van der Waals surface area contributed by atoms with E-state index in [1.54, 1.807) is 11.8 Å². The molecule has 0 N–H and O–H groups in total. The molecule has 0 saturated carbocycles. The number of carbonyl (C=O) groups excluding carboxylic acids is 2. The molecule has 1 aromatic heterocycles. The molecule has 0 fully saturated rings. The number of rotatable bonds is 9. The maximum Gasteiger partial charge on any atom is 0.321 e. The molecule has 1 aliphatic heterocycles. The topological polar surface area (TPSA) is 73.7 Å². The summed E-state index contributed by atoms with van der Waals surface area (Å²) in [7, 11) is 0. The van der Waals surface area contributed by atoms with E-state index in [9.17, 15) is 9.59 Å². The van der Waals surface area contributed by atoms with Gasteiger partial charge in [-0.15, -0.1) is 0 Å². The lowest BCUT2D eigenvalue weighted by Gasteiger charge is -2.38. The van der Waals surface area contributed by atoms with E-state index in [1.807, 2.05) is 83.4 Å². The smallest absolute Gasteiger partial charge is 0.321 e. The summed E-state index contributed by atoms with van der Waals surface area (Å²) in [6.45, 7) is 7.20. The third-order valence-corrected chi connectivity index (χ3v) is 6.85. The standard InChI is InChI=1S/C31H33N3O4/c1-4-37-30(36)27-28(23-14-16-24(17-15-23)38-19-18-21(2)3)34-26-13-9-8-12-25(26)32-31(34)33(29(27)35)20-22-10-6-5-7-11-22/h5-17,21,27-28H,4,18-20H2,1-3H3/t27-,28+/m0/s1. The summed E-state index contributed by atoms with van der Waals surface area (Å²) in [5, 5.41) is 0. The highest BCUT2D eigenvalue weighted by Gasteiger charge is 2.47. The van der Waals surface area contributed by atoms with Crippen molar-refractivity contribution in [3.63, 3.8) is 0 Å². The molecule has 4 aromatic rings. The summed E-state index contributed by atoms with van der Waals surface area (Å²) >= 11 is 0. The number of hydrogen-bond acceptors (Lipinski definition) is 5. The van der Waals surface area contributed by atoms with Gasteiger partial charge in [-0.25, -0.2) is 4.98 Å². The van der Waals surface area contributed by atoms with Gasteiger partial charge >= 0.3 is 5.97 Å². The minimum absolute atomic E-state index is 0.189. The van der Waals surface area contributed by atoms with Crippen LogP contribution >= 0.6 is 0 Å². The number of ether oxygens (including phenoxy) is 2. The lowest BCUT2D eigenvalue weighted by atomic mass is 9.89. The molecule has 38 heavy (non-hydrogen) atoms. The van der Waals surface area contributed by atoms with E-state index in [4.69, 9.17) is 14.5 Å². The van der Waals surface area contributed by atoms with Crippen LogP contribution in [-0.4, -0.2) is 34.6 Å². The zero-order chi connectivity index (χ0) is 26.6. The molecule has 2 heterocycles. The van der Waals surface area contributed by atoms with Gasteiger partial charge in [0.05, 0.1) is 36.8 Å². The van der Waals surface area contributed by atoms with E-state index in [2.05, 4.69) is 13.8 Å². The highest BCUT2D eigenvalue weighted by Crippen LogP contribution is 2.42. The van der Waals surface area contributed by atoms with E-state index in [0.717, 1.165) is 34.3 Å². The number of amides is 1. The number of anilines is 1. The number of benzene rings is 3. The molecule has 0 spiro atoms. The highest BCUT2D eigenvalue weighted by atomic mass is 16.5. The number of para-hydroxylation sites is 2. The fourth-order valence-corrected chi connectivity index (χ4v) is 4.94. The van der Waals surface area contributed by atoms with Crippen molar-refractivity contribution in [1.29, 1.82) is 0 Å². The normalized spacial score (nSPS) is 17.1. The molecular weight excluding hydrogens is 478 g/mol. The van der Waals surface area contributed by atoms with Crippen molar-refractivity contribution in [2.45, 2.75) is 39.8 Å². The van der Waals surface area contributed by atoms with Gasteiger partial charge in [0, 0.05) is 0 Å². The Morgan fingerprint density at radius 3 is 2.39 bits per heavy atom. The third-order valence-electron chi connectivity index (χ3n) is 6.85. The van der Waals surface area contributed by atoms with Crippen molar-refractivity contribution < 1.29 is 19.1 Å². The second-order valence-electron chi connectivity index (χ2n) is 9.96. The van der Waals surface area contributed by atoms with E-state index in [1.165, 1.54) is 0 Å². The molecule has 7 nitrogen and oxygen atoms in total. The SMILES string of the molecule is CCOC(=O)[C@@H]1C(=O)N(Cc2ccccc2)c2nc3ccccc3n2[C@@H]1c1ccc(OCCC(C)C)cc1. The average Bonchev–Trinajstić information content (AvgIpc) is 3.30. The van der Waals surface area contributed by atoms with Crippen molar-refractivity contribution in [3.8, 4) is 5.75 Å². The Labute approximate surface area is 223 Å². The van der Waals surface area contributed by atoms with Crippen LogP contribution in [0.3, 0.4) is 0 Å². The average molecular weight is 512 g/mol. The second kappa shape index (κ2) is 11.1. The molecule has 196 valence electrons. The van der Waals surface area contributed by atoms with Crippen LogP contribution in [0.25, 0.3) is 11.0 Å². The fraction of sp³-hybridized carbons (Fsp3) is 0.323. The molecule has 0 aliphatic carbocycles. The maximum absolute atomic E-state index is 14.1. The van der Waals surface area contributed by atoms with Crippen LogP contribution < -0.4 is 9.64 Å². The molecule has 7 heteroatoms. The number of esters is 1. The molecule has 0 saturated heterocycles. The van der Waals surface area contributed by atoms with Crippen molar-refractivity contribution >= 4 is 28.9 Å². The maximum atomic E-state index is 14.1. The van der Waals surface area contributed by atoms with E-state index >= 15 is 0 Å². The second-order valence-corrected chi connectivity index (χ2v) is 9.96. The molecule has 0 bridgehead atoms. The van der Waals surface area contributed by atoms with Crippen molar-refractivity contribution in [1.82, 2.24) is 9.55 Å². The summed E-state index contributed by atoms with van der Waals surface area (Å²) in [5.41, 5.74) is 3.38. The summed E-state index contributed by atoms with van der Waals surface area (Å²) < 4.78 is 13.4. The minimum atomic E-state index is -1.06. The van der Waals surface area contributed by atoms with E-state index in [-0.39, 0.29) is 12.5 Å². The van der Waals surface area contributed by atoms with Crippen molar-refractivity contribution in [2.75, 3.05) is 18.1 Å². The van der Waals surface area contributed by atoms with Crippen molar-refractivity contribution in [3.05, 3.63) is 90.0 Å². The lowest BCUT2D eigenvalue weighted by Crippen LogP contribution is -2.49. The fourth-order valence-electron chi connectivity index (χ4n) is 4.94. The van der Waals surface area contributed by atoms with Gasteiger partial charge in [0.25, 0.3) is 0 Å². The first-order valence-corrected chi connectivity index (χ1v) is 13.2. The van der Waals surface area contributed by atoms with Gasteiger partial charge in [0.15, 0.2) is 5.92 Å². The van der Waals surface area contributed by atoms with Gasteiger partial charge in [-0.05, 0) is 54.7 Å². The number of nitrogens with zero attached hydrogens (tertiary/aromatic N) is 3. The lowest BCUT2D eigenvalue weighted by molar-refractivity contribution is -0.153. The monoisotopic (exact) mass is 511 g/mol.